The predicted molar refractivity (Wildman–Crippen MR) is 96.5 cm³/mol. The van der Waals surface area contributed by atoms with E-state index < -0.39 is 0 Å². The van der Waals surface area contributed by atoms with Crippen LogP contribution in [0.4, 0.5) is 0 Å². The van der Waals surface area contributed by atoms with E-state index in [1.807, 2.05) is 0 Å². The summed E-state index contributed by atoms with van der Waals surface area (Å²) in [4.78, 5) is 21.5. The molecule has 4 fully saturated rings. The topological polar surface area (TPSA) is 101 Å². The van der Waals surface area contributed by atoms with Crippen molar-refractivity contribution < 1.29 is 19.8 Å². The highest BCUT2D eigenvalue weighted by molar-refractivity contribution is 5.76. The third-order valence-electron chi connectivity index (χ3n) is 7.14. The summed E-state index contributed by atoms with van der Waals surface area (Å²) in [5.74, 6) is 0.533. The van der Waals surface area contributed by atoms with Gasteiger partial charge in [0.2, 0.25) is 5.91 Å². The highest BCUT2D eigenvalue weighted by Crippen LogP contribution is 2.24. The highest BCUT2D eigenvalue weighted by Gasteiger charge is 2.43. The number of hydrogen-bond donors (Lipinski definition) is 5. The summed E-state index contributed by atoms with van der Waals surface area (Å²) in [5, 5.41) is 6.21. The molecule has 0 radical (unpaired) electrons. The van der Waals surface area contributed by atoms with Gasteiger partial charge in [-0.1, -0.05) is 0 Å². The fraction of sp³-hybridized carbons (Fsp3) is 0.944. The smallest absolute Gasteiger partial charge is 0.220 e. The number of likely N-dealkylation sites (N-methyl/N-ethyl adjacent to an activating group) is 1. The van der Waals surface area contributed by atoms with Gasteiger partial charge in [0.25, 0.3) is 0 Å². The third-order valence-corrected chi connectivity index (χ3v) is 7.14. The Morgan fingerprint density at radius 3 is 2.77 bits per heavy atom. The number of hydrogen-bond acceptors (Lipinski definition) is 5. The minimum absolute atomic E-state index is 0.0730. The van der Waals surface area contributed by atoms with Crippen molar-refractivity contribution in [1.82, 2.24) is 15.7 Å². The molecule has 4 aliphatic rings. The van der Waals surface area contributed by atoms with Crippen LogP contribution in [-0.2, 0) is 9.63 Å². The summed E-state index contributed by atoms with van der Waals surface area (Å²) in [6.45, 7) is 4.38. The standard InChI is InChI=1S/C18H34N6O2/c1-23-8-2-3-14(23)18-21-17(22-26-18)13-4-7-20-15(11-13)24-9-5-12(6-10-24)16(19)25/h12-15,17-18,20-22H,2-11H2,1H3,(H2,19,25)/p+2. The molecular weight excluding hydrogens is 332 g/mol. The van der Waals surface area contributed by atoms with E-state index in [-0.39, 0.29) is 24.2 Å². The van der Waals surface area contributed by atoms with Crippen molar-refractivity contribution in [2.45, 2.75) is 63.1 Å². The minimum Gasteiger partial charge on any atom is -0.369 e. The van der Waals surface area contributed by atoms with Gasteiger partial charge in [-0.25, -0.2) is 0 Å². The molecule has 4 heterocycles. The molecule has 26 heavy (non-hydrogen) atoms. The average molecular weight is 369 g/mol. The van der Waals surface area contributed by atoms with Crippen molar-refractivity contribution in [2.75, 3.05) is 33.2 Å². The van der Waals surface area contributed by atoms with Crippen LogP contribution in [0.15, 0.2) is 0 Å². The molecule has 4 aliphatic heterocycles. The number of quaternary nitrogens is 2. The van der Waals surface area contributed by atoms with Gasteiger partial charge in [0, 0.05) is 50.6 Å². The fourth-order valence-electron chi connectivity index (χ4n) is 5.41. The van der Waals surface area contributed by atoms with Gasteiger partial charge >= 0.3 is 0 Å². The molecule has 4 rings (SSSR count). The van der Waals surface area contributed by atoms with Crippen LogP contribution >= 0.6 is 0 Å². The number of carbonyl (C=O) groups is 1. The second kappa shape index (κ2) is 8.08. The molecule has 4 saturated heterocycles. The van der Waals surface area contributed by atoms with E-state index in [1.54, 1.807) is 4.90 Å². The highest BCUT2D eigenvalue weighted by atomic mass is 16.7. The molecule has 0 bridgehead atoms. The summed E-state index contributed by atoms with van der Waals surface area (Å²) in [6, 6.07) is 0.561. The van der Waals surface area contributed by atoms with Crippen LogP contribution in [-0.4, -0.2) is 68.6 Å². The zero-order chi connectivity index (χ0) is 18.1. The second-order valence-electron chi connectivity index (χ2n) is 8.73. The van der Waals surface area contributed by atoms with Crippen molar-refractivity contribution >= 4 is 5.91 Å². The molecule has 0 saturated carbocycles. The van der Waals surface area contributed by atoms with E-state index in [2.05, 4.69) is 28.1 Å². The first-order valence-corrected chi connectivity index (χ1v) is 10.5. The zero-order valence-electron chi connectivity index (χ0n) is 16.0. The summed E-state index contributed by atoms with van der Waals surface area (Å²) < 4.78 is 0. The SMILES string of the molecule is C[NH+]1CCCC1C1NC(C2CC[NH2+]C(N3CCC(C(N)=O)CC3)C2)NO1. The summed E-state index contributed by atoms with van der Waals surface area (Å²) in [5.41, 5.74) is 8.77. The Morgan fingerprint density at radius 2 is 2.08 bits per heavy atom. The summed E-state index contributed by atoms with van der Waals surface area (Å²) in [6.07, 6.45) is 7.64. The van der Waals surface area contributed by atoms with Gasteiger partial charge in [-0.2, -0.15) is 5.48 Å². The number of rotatable bonds is 4. The molecule has 148 valence electrons. The Balaban J connectivity index is 1.28. The first-order chi connectivity index (χ1) is 12.6. The lowest BCUT2D eigenvalue weighted by molar-refractivity contribution is -0.896. The van der Waals surface area contributed by atoms with Crippen molar-refractivity contribution in [2.24, 2.45) is 17.6 Å². The van der Waals surface area contributed by atoms with Crippen molar-refractivity contribution in [3.63, 3.8) is 0 Å². The Morgan fingerprint density at radius 1 is 1.27 bits per heavy atom. The summed E-state index contributed by atoms with van der Waals surface area (Å²) in [7, 11) is 2.28. The Hall–Kier alpha value is -0.770. The van der Waals surface area contributed by atoms with E-state index >= 15 is 0 Å². The fourth-order valence-corrected chi connectivity index (χ4v) is 5.41. The maximum absolute atomic E-state index is 11.4. The normalized spacial score (nSPS) is 43.0. The van der Waals surface area contributed by atoms with E-state index in [0.29, 0.717) is 18.1 Å². The lowest BCUT2D eigenvalue weighted by Crippen LogP contribution is -3.12. The van der Waals surface area contributed by atoms with E-state index in [4.69, 9.17) is 10.6 Å². The number of hydroxylamine groups is 1. The van der Waals surface area contributed by atoms with Crippen LogP contribution in [0.1, 0.15) is 38.5 Å². The van der Waals surface area contributed by atoms with Crippen LogP contribution in [0.3, 0.4) is 0 Å². The molecule has 0 spiro atoms. The Bertz CT molecular complexity index is 498. The molecule has 0 aromatic rings. The maximum atomic E-state index is 11.4. The van der Waals surface area contributed by atoms with E-state index in [9.17, 15) is 4.79 Å². The molecule has 6 unspecified atom stereocenters. The van der Waals surface area contributed by atoms with Gasteiger partial charge in [0.1, 0.15) is 12.2 Å². The van der Waals surface area contributed by atoms with E-state index in [1.165, 1.54) is 25.8 Å². The number of nitrogens with zero attached hydrogens (tertiary/aromatic N) is 1. The Labute approximate surface area is 156 Å². The molecule has 7 N–H and O–H groups in total. The van der Waals surface area contributed by atoms with Gasteiger partial charge in [0.15, 0.2) is 6.23 Å². The first kappa shape index (κ1) is 18.6. The number of piperidine rings is 2. The van der Waals surface area contributed by atoms with Gasteiger partial charge in [-0.15, -0.1) is 0 Å². The maximum Gasteiger partial charge on any atom is 0.220 e. The molecule has 0 aromatic heterocycles. The van der Waals surface area contributed by atoms with E-state index in [0.717, 1.165) is 38.9 Å². The lowest BCUT2D eigenvalue weighted by Gasteiger charge is -2.39. The number of amides is 1. The second-order valence-corrected chi connectivity index (χ2v) is 8.73. The third kappa shape index (κ3) is 3.90. The average Bonchev–Trinajstić information content (AvgIpc) is 3.30. The number of nitrogens with two attached hydrogens (primary N) is 2. The van der Waals surface area contributed by atoms with Crippen LogP contribution in [0, 0.1) is 11.8 Å². The molecular formula is C18H36N6O2+2. The van der Waals surface area contributed by atoms with Crippen molar-refractivity contribution in [1.29, 1.82) is 0 Å². The molecule has 6 atom stereocenters. The van der Waals surface area contributed by atoms with Crippen LogP contribution in [0.2, 0.25) is 0 Å². The van der Waals surface area contributed by atoms with Crippen LogP contribution < -0.4 is 26.7 Å². The van der Waals surface area contributed by atoms with Gasteiger partial charge in [-0.3, -0.25) is 19.8 Å². The molecule has 8 nitrogen and oxygen atoms in total. The Kier molecular flexibility index (Phi) is 5.78. The minimum atomic E-state index is -0.128. The molecule has 1 amide bonds. The van der Waals surface area contributed by atoms with Gasteiger partial charge in [-0.05, 0) is 12.8 Å². The van der Waals surface area contributed by atoms with Gasteiger partial charge < -0.3 is 16.0 Å². The monoisotopic (exact) mass is 368 g/mol. The zero-order valence-corrected chi connectivity index (χ0v) is 16.0. The lowest BCUT2D eigenvalue weighted by atomic mass is 9.90. The van der Waals surface area contributed by atoms with Crippen LogP contribution in [0.25, 0.3) is 0 Å². The number of carbonyl (C=O) groups excluding carboxylic acids is 1. The number of likely N-dealkylation sites (tertiary alicyclic amines) is 2. The van der Waals surface area contributed by atoms with Gasteiger partial charge in [0.05, 0.1) is 26.3 Å². The number of primary amides is 1. The first-order valence-electron chi connectivity index (χ1n) is 10.5. The van der Waals surface area contributed by atoms with Crippen LogP contribution in [0.5, 0.6) is 0 Å². The molecule has 8 heteroatoms. The molecule has 0 aliphatic carbocycles. The van der Waals surface area contributed by atoms with Crippen molar-refractivity contribution in [3.8, 4) is 0 Å². The number of nitrogens with one attached hydrogen (secondary N) is 3. The predicted octanol–water partition coefficient (Wildman–Crippen LogP) is -3.06. The van der Waals surface area contributed by atoms with Crippen molar-refractivity contribution in [3.05, 3.63) is 0 Å². The quantitative estimate of drug-likeness (QED) is 0.363. The molecule has 0 aromatic carbocycles. The largest absolute Gasteiger partial charge is 0.369 e. The summed E-state index contributed by atoms with van der Waals surface area (Å²) >= 11 is 0.